The lowest BCUT2D eigenvalue weighted by Gasteiger charge is -2.44. The van der Waals surface area contributed by atoms with E-state index in [1.807, 2.05) is 0 Å². The first kappa shape index (κ1) is 18.9. The van der Waals surface area contributed by atoms with Crippen molar-refractivity contribution in [1.82, 2.24) is 10.2 Å². The average Bonchev–Trinajstić information content (AvgIpc) is 2.65. The lowest BCUT2D eigenvalue weighted by atomic mass is 9.78. The van der Waals surface area contributed by atoms with E-state index < -0.39 is 0 Å². The number of carbonyl (C=O) groups is 1. The molecule has 1 saturated heterocycles. The summed E-state index contributed by atoms with van der Waals surface area (Å²) in [4.78, 5) is 14.8. The minimum Gasteiger partial charge on any atom is -0.471 e. The van der Waals surface area contributed by atoms with Crippen LogP contribution in [0.2, 0.25) is 0 Å². The van der Waals surface area contributed by atoms with Gasteiger partial charge < -0.3 is 15.0 Å². The first-order valence-corrected chi connectivity index (χ1v) is 10.9. The first-order valence-electron chi connectivity index (χ1n) is 10.5. The van der Waals surface area contributed by atoms with Crippen LogP contribution < -0.4 is 5.32 Å². The number of nitrogens with one attached hydrogen (secondary N) is 1. The summed E-state index contributed by atoms with van der Waals surface area (Å²) >= 11 is 5.29. The van der Waals surface area contributed by atoms with Crippen LogP contribution in [0.15, 0.2) is 0 Å². The molecule has 142 valence electrons. The van der Waals surface area contributed by atoms with Gasteiger partial charge in [0.1, 0.15) is 0 Å². The lowest BCUT2D eigenvalue weighted by Crippen LogP contribution is -2.49. The highest BCUT2D eigenvalue weighted by Gasteiger charge is 2.35. The van der Waals surface area contributed by atoms with Gasteiger partial charge in [-0.25, -0.2) is 0 Å². The molecule has 1 aliphatic heterocycles. The third-order valence-electron chi connectivity index (χ3n) is 6.26. The minimum atomic E-state index is 0.325. The van der Waals surface area contributed by atoms with Crippen LogP contribution in [-0.4, -0.2) is 41.2 Å². The van der Waals surface area contributed by atoms with Crippen LogP contribution in [0.3, 0.4) is 0 Å². The zero-order chi connectivity index (χ0) is 17.5. The smallest absolute Gasteiger partial charge is 0.256 e. The van der Waals surface area contributed by atoms with E-state index in [0.29, 0.717) is 36.2 Å². The summed E-state index contributed by atoms with van der Waals surface area (Å²) in [7, 11) is 0. The van der Waals surface area contributed by atoms with E-state index in [2.05, 4.69) is 10.2 Å². The molecule has 1 amide bonds. The Balaban J connectivity index is 1.32. The van der Waals surface area contributed by atoms with E-state index in [1.54, 1.807) is 0 Å². The second-order valence-corrected chi connectivity index (χ2v) is 8.43. The molecule has 5 heteroatoms. The van der Waals surface area contributed by atoms with E-state index in [-0.39, 0.29) is 0 Å². The Morgan fingerprint density at radius 1 is 1.00 bits per heavy atom. The predicted octanol–water partition coefficient (Wildman–Crippen LogP) is 4.17. The van der Waals surface area contributed by atoms with Gasteiger partial charge in [-0.05, 0) is 63.1 Å². The molecule has 0 aromatic heterocycles. The van der Waals surface area contributed by atoms with Crippen molar-refractivity contribution in [3.63, 3.8) is 0 Å². The van der Waals surface area contributed by atoms with Gasteiger partial charge in [0.2, 0.25) is 5.91 Å². The third kappa shape index (κ3) is 5.57. The Hall–Kier alpha value is -0.840. The number of piperidine rings is 1. The maximum atomic E-state index is 12.6. The summed E-state index contributed by atoms with van der Waals surface area (Å²) in [5, 5.41) is 3.84. The Bertz CT molecular complexity index is 449. The Morgan fingerprint density at radius 2 is 1.72 bits per heavy atom. The SMILES string of the molecule is O=C(CCCOC(=S)NC1CCCCC1)N1CCCC2CCCCC21. The zero-order valence-corrected chi connectivity index (χ0v) is 16.3. The summed E-state index contributed by atoms with van der Waals surface area (Å²) in [6.07, 6.45) is 15.3. The number of likely N-dealkylation sites (tertiary alicyclic amines) is 1. The Kier molecular flexibility index (Phi) is 7.38. The van der Waals surface area contributed by atoms with Crippen molar-refractivity contribution in [2.75, 3.05) is 13.2 Å². The number of amides is 1. The average molecular weight is 367 g/mol. The van der Waals surface area contributed by atoms with Gasteiger partial charge in [-0.15, -0.1) is 0 Å². The molecule has 0 aromatic carbocycles. The normalized spacial score (nSPS) is 27.4. The summed E-state index contributed by atoms with van der Waals surface area (Å²) in [6, 6.07) is 1.00. The molecule has 2 unspecified atom stereocenters. The maximum Gasteiger partial charge on any atom is 0.256 e. The van der Waals surface area contributed by atoms with Gasteiger partial charge >= 0.3 is 0 Å². The van der Waals surface area contributed by atoms with Crippen LogP contribution in [0.25, 0.3) is 0 Å². The molecule has 2 atom stereocenters. The Labute approximate surface area is 158 Å². The molecule has 2 saturated carbocycles. The van der Waals surface area contributed by atoms with Crippen LogP contribution in [0.5, 0.6) is 0 Å². The molecule has 0 bridgehead atoms. The first-order chi connectivity index (χ1) is 12.2. The molecule has 1 N–H and O–H groups in total. The number of fused-ring (bicyclic) bond motifs is 1. The van der Waals surface area contributed by atoms with Gasteiger partial charge in [0, 0.05) is 25.0 Å². The van der Waals surface area contributed by atoms with E-state index in [9.17, 15) is 4.79 Å². The number of thiocarbonyl (C=S) groups is 1. The van der Waals surface area contributed by atoms with Gasteiger partial charge in [-0.3, -0.25) is 4.79 Å². The van der Waals surface area contributed by atoms with E-state index in [4.69, 9.17) is 17.0 Å². The fourth-order valence-corrected chi connectivity index (χ4v) is 5.17. The molecule has 0 aromatic rings. The monoisotopic (exact) mass is 366 g/mol. The van der Waals surface area contributed by atoms with Crippen LogP contribution in [-0.2, 0) is 9.53 Å². The van der Waals surface area contributed by atoms with Crippen molar-refractivity contribution in [2.24, 2.45) is 5.92 Å². The maximum absolute atomic E-state index is 12.6. The highest BCUT2D eigenvalue weighted by molar-refractivity contribution is 7.80. The molecule has 4 nitrogen and oxygen atoms in total. The molecule has 0 spiro atoms. The standard InChI is InChI=1S/C20H34N2O2S/c23-19(22-14-6-9-16-8-4-5-12-18(16)22)13-7-15-24-20(25)21-17-10-2-1-3-11-17/h16-18H,1-15H2,(H,21,25). The molecule has 25 heavy (non-hydrogen) atoms. The Morgan fingerprint density at radius 3 is 2.56 bits per heavy atom. The molecule has 3 fully saturated rings. The molecule has 2 aliphatic carbocycles. The van der Waals surface area contributed by atoms with Crippen molar-refractivity contribution < 1.29 is 9.53 Å². The molecule has 3 aliphatic rings. The predicted molar refractivity (Wildman–Crippen MR) is 104 cm³/mol. The highest BCUT2D eigenvalue weighted by Crippen LogP contribution is 2.35. The molecular formula is C20H34N2O2S. The van der Waals surface area contributed by atoms with Crippen molar-refractivity contribution in [1.29, 1.82) is 0 Å². The van der Waals surface area contributed by atoms with Crippen LogP contribution in [0.1, 0.15) is 83.5 Å². The number of ether oxygens (including phenoxy) is 1. The minimum absolute atomic E-state index is 0.325. The second kappa shape index (κ2) is 9.75. The van der Waals surface area contributed by atoms with Gasteiger partial charge in [0.05, 0.1) is 6.61 Å². The van der Waals surface area contributed by atoms with Gasteiger partial charge in [0.25, 0.3) is 5.17 Å². The molecule has 3 rings (SSSR count). The van der Waals surface area contributed by atoms with Crippen molar-refractivity contribution >= 4 is 23.3 Å². The number of rotatable bonds is 5. The van der Waals surface area contributed by atoms with E-state index >= 15 is 0 Å². The van der Waals surface area contributed by atoms with Crippen molar-refractivity contribution in [3.8, 4) is 0 Å². The molecule has 1 heterocycles. The zero-order valence-electron chi connectivity index (χ0n) is 15.5. The summed E-state index contributed by atoms with van der Waals surface area (Å²) in [6.45, 7) is 1.51. The molecular weight excluding hydrogens is 332 g/mol. The van der Waals surface area contributed by atoms with Crippen LogP contribution >= 0.6 is 12.2 Å². The van der Waals surface area contributed by atoms with Crippen molar-refractivity contribution in [3.05, 3.63) is 0 Å². The van der Waals surface area contributed by atoms with E-state index in [1.165, 1.54) is 70.6 Å². The number of hydrogen-bond donors (Lipinski definition) is 1. The van der Waals surface area contributed by atoms with E-state index in [0.717, 1.165) is 18.9 Å². The number of hydrogen-bond acceptors (Lipinski definition) is 3. The van der Waals surface area contributed by atoms with Gasteiger partial charge in [0.15, 0.2) is 0 Å². The number of carbonyl (C=O) groups excluding carboxylic acids is 1. The highest BCUT2D eigenvalue weighted by atomic mass is 32.1. The molecule has 0 radical (unpaired) electrons. The van der Waals surface area contributed by atoms with Gasteiger partial charge in [-0.1, -0.05) is 32.1 Å². The topological polar surface area (TPSA) is 41.6 Å². The summed E-state index contributed by atoms with van der Waals surface area (Å²) in [5.74, 6) is 1.08. The summed E-state index contributed by atoms with van der Waals surface area (Å²) < 4.78 is 5.64. The van der Waals surface area contributed by atoms with Crippen LogP contribution in [0, 0.1) is 5.92 Å². The fraction of sp³-hybridized carbons (Fsp3) is 0.900. The third-order valence-corrected chi connectivity index (χ3v) is 6.49. The van der Waals surface area contributed by atoms with Crippen molar-refractivity contribution in [2.45, 2.75) is 95.6 Å². The largest absolute Gasteiger partial charge is 0.471 e. The summed E-state index contributed by atoms with van der Waals surface area (Å²) in [5.41, 5.74) is 0. The number of nitrogens with zero attached hydrogens (tertiary/aromatic N) is 1. The fourth-order valence-electron chi connectivity index (χ4n) is 4.92. The quantitative estimate of drug-likeness (QED) is 0.586. The van der Waals surface area contributed by atoms with Crippen LogP contribution in [0.4, 0.5) is 0 Å². The second-order valence-electron chi connectivity index (χ2n) is 8.06. The lowest BCUT2D eigenvalue weighted by molar-refractivity contribution is -0.137. The van der Waals surface area contributed by atoms with Gasteiger partial charge in [-0.2, -0.15) is 0 Å².